The molecule has 3 aromatic rings. The number of furan rings is 1. The number of hydrogen-bond donors (Lipinski definition) is 1. The number of amides is 1. The molecule has 7 nitrogen and oxygen atoms in total. The Morgan fingerprint density at radius 2 is 2.29 bits per heavy atom. The fourth-order valence-electron chi connectivity index (χ4n) is 2.61. The summed E-state index contributed by atoms with van der Waals surface area (Å²) >= 11 is 1.31. The van der Waals surface area contributed by atoms with Gasteiger partial charge in [0.25, 0.3) is 0 Å². The highest BCUT2D eigenvalue weighted by molar-refractivity contribution is 8.00. The van der Waals surface area contributed by atoms with Crippen molar-refractivity contribution in [3.05, 3.63) is 60.6 Å². The van der Waals surface area contributed by atoms with Crippen LogP contribution in [-0.2, 0) is 11.3 Å². The molecule has 0 radical (unpaired) electrons. The van der Waals surface area contributed by atoms with Crippen molar-refractivity contribution in [2.45, 2.75) is 30.8 Å². The summed E-state index contributed by atoms with van der Waals surface area (Å²) in [6, 6.07) is 10.7. The van der Waals surface area contributed by atoms with Crippen molar-refractivity contribution in [2.24, 2.45) is 0 Å². The number of anilines is 1. The standard InChI is InChI=1S/C20H19N5O2S/c1-4-9-25-18(17-8-10-27-13(17)2)23-24-20(25)28-14(3)19(26)22-16-7-5-6-15(11-16)12-21/h4-8,10-11,14H,1,9H2,2-3H3,(H,22,26). The number of nitrogens with one attached hydrogen (secondary N) is 1. The fourth-order valence-corrected chi connectivity index (χ4v) is 3.47. The molecule has 0 saturated carbocycles. The molecule has 0 fully saturated rings. The van der Waals surface area contributed by atoms with Gasteiger partial charge >= 0.3 is 0 Å². The Labute approximate surface area is 167 Å². The van der Waals surface area contributed by atoms with E-state index in [4.69, 9.17) is 9.68 Å². The molecular weight excluding hydrogens is 374 g/mol. The summed E-state index contributed by atoms with van der Waals surface area (Å²) in [5.41, 5.74) is 1.93. The molecule has 2 heterocycles. The van der Waals surface area contributed by atoms with E-state index < -0.39 is 5.25 Å². The maximum Gasteiger partial charge on any atom is 0.237 e. The van der Waals surface area contributed by atoms with Gasteiger partial charge in [-0.15, -0.1) is 16.8 Å². The number of thioether (sulfide) groups is 1. The molecule has 3 rings (SSSR count). The first-order valence-corrected chi connectivity index (χ1v) is 9.47. The Hall–Kier alpha value is -3.31. The molecule has 0 aliphatic carbocycles. The molecular formula is C20H19N5O2S. The molecule has 1 amide bonds. The van der Waals surface area contributed by atoms with Crippen LogP contribution in [0.4, 0.5) is 5.69 Å². The highest BCUT2D eigenvalue weighted by Crippen LogP contribution is 2.29. The number of aromatic nitrogens is 3. The van der Waals surface area contributed by atoms with Crippen molar-refractivity contribution in [1.82, 2.24) is 14.8 Å². The van der Waals surface area contributed by atoms with Gasteiger partial charge in [-0.2, -0.15) is 5.26 Å². The zero-order valence-corrected chi connectivity index (χ0v) is 16.4. The zero-order valence-electron chi connectivity index (χ0n) is 15.5. The third-order valence-corrected chi connectivity index (χ3v) is 5.12. The Morgan fingerprint density at radius 3 is 2.96 bits per heavy atom. The predicted molar refractivity (Wildman–Crippen MR) is 108 cm³/mol. The summed E-state index contributed by atoms with van der Waals surface area (Å²) in [5.74, 6) is 1.23. The number of allylic oxidation sites excluding steroid dienone is 1. The number of carbonyl (C=O) groups excluding carboxylic acids is 1. The van der Waals surface area contributed by atoms with Crippen molar-refractivity contribution < 1.29 is 9.21 Å². The van der Waals surface area contributed by atoms with Crippen LogP contribution in [0.25, 0.3) is 11.4 Å². The van der Waals surface area contributed by atoms with E-state index in [-0.39, 0.29) is 5.91 Å². The molecule has 8 heteroatoms. The molecule has 1 atom stereocenters. The van der Waals surface area contributed by atoms with Gasteiger partial charge in [-0.1, -0.05) is 23.9 Å². The number of nitriles is 1. The van der Waals surface area contributed by atoms with E-state index in [0.717, 1.165) is 11.3 Å². The molecule has 0 bridgehead atoms. The lowest BCUT2D eigenvalue weighted by atomic mass is 10.2. The minimum Gasteiger partial charge on any atom is -0.469 e. The first kappa shape index (κ1) is 19.5. The summed E-state index contributed by atoms with van der Waals surface area (Å²) in [7, 11) is 0. The number of carbonyl (C=O) groups is 1. The summed E-state index contributed by atoms with van der Waals surface area (Å²) in [4.78, 5) is 12.6. The molecule has 0 aliphatic rings. The Bertz CT molecular complexity index is 1050. The van der Waals surface area contributed by atoms with E-state index in [1.165, 1.54) is 11.8 Å². The van der Waals surface area contributed by atoms with E-state index >= 15 is 0 Å². The second kappa shape index (κ2) is 8.59. The molecule has 28 heavy (non-hydrogen) atoms. The van der Waals surface area contributed by atoms with Crippen molar-refractivity contribution >= 4 is 23.4 Å². The zero-order chi connectivity index (χ0) is 20.1. The van der Waals surface area contributed by atoms with Crippen molar-refractivity contribution in [1.29, 1.82) is 5.26 Å². The molecule has 1 aromatic carbocycles. The Balaban J connectivity index is 1.78. The van der Waals surface area contributed by atoms with Gasteiger partial charge < -0.3 is 9.73 Å². The fraction of sp³-hybridized carbons (Fsp3) is 0.200. The van der Waals surface area contributed by atoms with Crippen LogP contribution >= 0.6 is 11.8 Å². The first-order valence-electron chi connectivity index (χ1n) is 8.59. The van der Waals surface area contributed by atoms with Gasteiger partial charge in [0.2, 0.25) is 5.91 Å². The number of aryl methyl sites for hydroxylation is 1. The van der Waals surface area contributed by atoms with Gasteiger partial charge in [0.15, 0.2) is 11.0 Å². The van der Waals surface area contributed by atoms with Gasteiger partial charge in [-0.25, -0.2) is 0 Å². The van der Waals surface area contributed by atoms with Crippen molar-refractivity contribution in [3.63, 3.8) is 0 Å². The van der Waals surface area contributed by atoms with Gasteiger partial charge in [0.1, 0.15) is 5.76 Å². The van der Waals surface area contributed by atoms with Gasteiger partial charge in [-0.3, -0.25) is 9.36 Å². The maximum atomic E-state index is 12.6. The normalized spacial score (nSPS) is 11.6. The van der Waals surface area contributed by atoms with Crippen molar-refractivity contribution in [3.8, 4) is 17.5 Å². The Kier molecular flexibility index (Phi) is 5.96. The second-order valence-corrected chi connectivity index (χ2v) is 7.35. The monoisotopic (exact) mass is 393 g/mol. The van der Waals surface area contributed by atoms with Gasteiger partial charge in [-0.05, 0) is 38.1 Å². The van der Waals surface area contributed by atoms with E-state index in [0.29, 0.717) is 28.8 Å². The number of rotatable bonds is 7. The lowest BCUT2D eigenvalue weighted by Gasteiger charge is -2.13. The summed E-state index contributed by atoms with van der Waals surface area (Å²) in [6.45, 7) is 7.96. The summed E-state index contributed by atoms with van der Waals surface area (Å²) in [6.07, 6.45) is 3.36. The van der Waals surface area contributed by atoms with E-state index in [9.17, 15) is 4.79 Å². The van der Waals surface area contributed by atoms with Crippen LogP contribution in [0.1, 0.15) is 18.2 Å². The van der Waals surface area contributed by atoms with E-state index in [1.807, 2.05) is 17.6 Å². The number of nitrogens with zero attached hydrogens (tertiary/aromatic N) is 4. The Morgan fingerprint density at radius 1 is 1.46 bits per heavy atom. The average molecular weight is 393 g/mol. The van der Waals surface area contributed by atoms with E-state index in [2.05, 4.69) is 28.2 Å². The SMILES string of the molecule is C=CCn1c(SC(C)C(=O)Nc2cccc(C#N)c2)nnc1-c1ccoc1C. The predicted octanol–water partition coefficient (Wildman–Crippen LogP) is 4.02. The lowest BCUT2D eigenvalue weighted by Crippen LogP contribution is -2.23. The molecule has 1 unspecified atom stereocenters. The molecule has 2 aromatic heterocycles. The van der Waals surface area contributed by atoms with Crippen LogP contribution in [0.15, 0.2) is 58.8 Å². The third kappa shape index (κ3) is 4.15. The van der Waals surface area contributed by atoms with Crippen LogP contribution in [0.5, 0.6) is 0 Å². The largest absolute Gasteiger partial charge is 0.469 e. The molecule has 0 spiro atoms. The number of hydrogen-bond acceptors (Lipinski definition) is 6. The number of benzene rings is 1. The van der Waals surface area contributed by atoms with E-state index in [1.54, 1.807) is 43.5 Å². The highest BCUT2D eigenvalue weighted by Gasteiger charge is 2.22. The topological polar surface area (TPSA) is 96.7 Å². The average Bonchev–Trinajstić information content (AvgIpc) is 3.28. The van der Waals surface area contributed by atoms with Crippen molar-refractivity contribution in [2.75, 3.05) is 5.32 Å². The maximum absolute atomic E-state index is 12.6. The minimum absolute atomic E-state index is 0.186. The lowest BCUT2D eigenvalue weighted by molar-refractivity contribution is -0.115. The van der Waals surface area contributed by atoms with Gasteiger partial charge in [0.05, 0.1) is 28.7 Å². The molecule has 142 valence electrons. The second-order valence-electron chi connectivity index (χ2n) is 6.04. The highest BCUT2D eigenvalue weighted by atomic mass is 32.2. The van der Waals surface area contributed by atoms with Crippen LogP contribution in [0.2, 0.25) is 0 Å². The first-order chi connectivity index (χ1) is 13.5. The van der Waals surface area contributed by atoms with Crippen LogP contribution in [0, 0.1) is 18.3 Å². The van der Waals surface area contributed by atoms with Crippen LogP contribution in [-0.4, -0.2) is 25.9 Å². The van der Waals surface area contributed by atoms with Crippen LogP contribution < -0.4 is 5.32 Å². The quantitative estimate of drug-likeness (QED) is 0.481. The smallest absolute Gasteiger partial charge is 0.237 e. The minimum atomic E-state index is -0.420. The molecule has 1 N–H and O–H groups in total. The third-order valence-electron chi connectivity index (χ3n) is 4.04. The summed E-state index contributed by atoms with van der Waals surface area (Å²) < 4.78 is 7.26. The summed E-state index contributed by atoms with van der Waals surface area (Å²) in [5, 5.41) is 20.5. The van der Waals surface area contributed by atoms with Gasteiger partial charge in [0, 0.05) is 12.2 Å². The molecule has 0 saturated heterocycles. The molecule has 0 aliphatic heterocycles. The van der Waals surface area contributed by atoms with Crippen LogP contribution in [0.3, 0.4) is 0 Å².